The number of carbonyl (C=O) groups is 2. The summed E-state index contributed by atoms with van der Waals surface area (Å²) in [4.78, 5) is 23.9. The Balaban J connectivity index is 1.79. The quantitative estimate of drug-likeness (QED) is 0.686. The summed E-state index contributed by atoms with van der Waals surface area (Å²) in [6, 6.07) is 12.7. The van der Waals surface area contributed by atoms with Crippen LogP contribution in [0.2, 0.25) is 0 Å². The maximum atomic E-state index is 12.0. The molecule has 2 rings (SSSR count). The molecular weight excluding hydrogens is 400 g/mol. The summed E-state index contributed by atoms with van der Waals surface area (Å²) in [6.07, 6.45) is 0. The van der Waals surface area contributed by atoms with Crippen LogP contribution in [-0.4, -0.2) is 31.6 Å². The average molecular weight is 421 g/mol. The van der Waals surface area contributed by atoms with Crippen LogP contribution in [0.4, 0.5) is 5.69 Å². The van der Waals surface area contributed by atoms with E-state index in [4.69, 9.17) is 9.47 Å². The molecule has 0 radical (unpaired) electrons. The van der Waals surface area contributed by atoms with Gasteiger partial charge in [-0.05, 0) is 49.7 Å². The summed E-state index contributed by atoms with van der Waals surface area (Å²) in [7, 11) is 0. The van der Waals surface area contributed by atoms with Crippen LogP contribution in [0, 0.1) is 6.92 Å². The molecule has 0 bridgehead atoms. The Morgan fingerprint density at radius 2 is 1.73 bits per heavy atom. The minimum absolute atomic E-state index is 0.134. The predicted molar refractivity (Wildman–Crippen MR) is 104 cm³/mol. The van der Waals surface area contributed by atoms with Crippen LogP contribution in [-0.2, 0) is 9.59 Å². The van der Waals surface area contributed by atoms with Crippen molar-refractivity contribution in [3.05, 3.63) is 52.5 Å². The SMILES string of the molecule is CCOc1ccccc1OCC(=O)NCC(=O)Nc1ccc(Br)cc1C. The van der Waals surface area contributed by atoms with Crippen molar-refractivity contribution in [1.29, 1.82) is 0 Å². The number of hydrogen-bond donors (Lipinski definition) is 2. The van der Waals surface area contributed by atoms with Gasteiger partial charge in [-0.15, -0.1) is 0 Å². The molecule has 0 aliphatic carbocycles. The molecule has 0 saturated heterocycles. The fraction of sp³-hybridized carbons (Fsp3) is 0.263. The summed E-state index contributed by atoms with van der Waals surface area (Å²) < 4.78 is 11.8. The van der Waals surface area contributed by atoms with E-state index in [2.05, 4.69) is 26.6 Å². The van der Waals surface area contributed by atoms with E-state index < -0.39 is 0 Å². The first-order valence-electron chi connectivity index (χ1n) is 8.17. The highest BCUT2D eigenvalue weighted by atomic mass is 79.9. The van der Waals surface area contributed by atoms with Crippen molar-refractivity contribution in [3.63, 3.8) is 0 Å². The molecule has 0 spiro atoms. The zero-order valence-electron chi connectivity index (χ0n) is 14.7. The number of carbonyl (C=O) groups excluding carboxylic acids is 2. The zero-order valence-corrected chi connectivity index (χ0v) is 16.3. The molecule has 6 nitrogen and oxygen atoms in total. The van der Waals surface area contributed by atoms with Crippen molar-refractivity contribution in [1.82, 2.24) is 5.32 Å². The second-order valence-electron chi connectivity index (χ2n) is 5.45. The fourth-order valence-electron chi connectivity index (χ4n) is 2.18. The second-order valence-corrected chi connectivity index (χ2v) is 6.37. The number of amides is 2. The van der Waals surface area contributed by atoms with Crippen molar-refractivity contribution in [2.75, 3.05) is 25.1 Å². The molecule has 0 atom stereocenters. The number of benzene rings is 2. The summed E-state index contributed by atoms with van der Waals surface area (Å²) >= 11 is 3.37. The van der Waals surface area contributed by atoms with Gasteiger partial charge in [-0.25, -0.2) is 0 Å². The van der Waals surface area contributed by atoms with Gasteiger partial charge in [0, 0.05) is 10.2 Å². The third kappa shape index (κ3) is 6.07. The molecule has 2 N–H and O–H groups in total. The number of halogens is 1. The van der Waals surface area contributed by atoms with Gasteiger partial charge in [-0.1, -0.05) is 28.1 Å². The number of ether oxygens (including phenoxy) is 2. The molecule has 0 saturated carbocycles. The van der Waals surface area contributed by atoms with Crippen LogP contribution < -0.4 is 20.1 Å². The highest BCUT2D eigenvalue weighted by molar-refractivity contribution is 9.10. The van der Waals surface area contributed by atoms with E-state index in [0.717, 1.165) is 10.0 Å². The van der Waals surface area contributed by atoms with E-state index >= 15 is 0 Å². The third-order valence-electron chi connectivity index (χ3n) is 3.42. The number of rotatable bonds is 8. The number of aryl methyl sites for hydroxylation is 1. The number of anilines is 1. The van der Waals surface area contributed by atoms with E-state index in [-0.39, 0.29) is 25.0 Å². The van der Waals surface area contributed by atoms with E-state index in [9.17, 15) is 9.59 Å². The number of hydrogen-bond acceptors (Lipinski definition) is 4. The lowest BCUT2D eigenvalue weighted by molar-refractivity contribution is -0.125. The maximum absolute atomic E-state index is 12.0. The maximum Gasteiger partial charge on any atom is 0.258 e. The highest BCUT2D eigenvalue weighted by Gasteiger charge is 2.10. The van der Waals surface area contributed by atoms with Gasteiger partial charge < -0.3 is 20.1 Å². The Kier molecular flexibility index (Phi) is 7.47. The molecule has 0 unspecified atom stereocenters. The smallest absolute Gasteiger partial charge is 0.258 e. The number of nitrogens with one attached hydrogen (secondary N) is 2. The van der Waals surface area contributed by atoms with E-state index in [1.807, 2.05) is 32.0 Å². The first kappa shape index (κ1) is 19.8. The molecule has 0 aliphatic rings. The predicted octanol–water partition coefficient (Wildman–Crippen LogP) is 3.29. The van der Waals surface area contributed by atoms with Crippen LogP contribution in [0.25, 0.3) is 0 Å². The van der Waals surface area contributed by atoms with Crippen LogP contribution in [0.3, 0.4) is 0 Å². The van der Waals surface area contributed by atoms with Crippen LogP contribution in [0.5, 0.6) is 11.5 Å². The standard InChI is InChI=1S/C19H21BrN2O4/c1-3-25-16-6-4-5-7-17(16)26-12-19(24)21-11-18(23)22-15-9-8-14(20)10-13(15)2/h4-10H,3,11-12H2,1-2H3,(H,21,24)(H,22,23). The summed E-state index contributed by atoms with van der Waals surface area (Å²) in [5.41, 5.74) is 1.63. The van der Waals surface area contributed by atoms with E-state index in [1.165, 1.54) is 0 Å². The van der Waals surface area contributed by atoms with Gasteiger partial charge in [0.2, 0.25) is 5.91 Å². The lowest BCUT2D eigenvalue weighted by atomic mass is 10.2. The molecule has 0 heterocycles. The minimum atomic E-state index is -0.390. The largest absolute Gasteiger partial charge is 0.490 e. The van der Waals surface area contributed by atoms with Crippen molar-refractivity contribution in [3.8, 4) is 11.5 Å². The molecule has 138 valence electrons. The van der Waals surface area contributed by atoms with Gasteiger partial charge in [0.25, 0.3) is 5.91 Å². The Hall–Kier alpha value is -2.54. The van der Waals surface area contributed by atoms with Gasteiger partial charge in [-0.2, -0.15) is 0 Å². The molecule has 2 aromatic rings. The first-order valence-corrected chi connectivity index (χ1v) is 8.96. The van der Waals surface area contributed by atoms with Gasteiger partial charge in [-0.3, -0.25) is 9.59 Å². The third-order valence-corrected chi connectivity index (χ3v) is 3.91. The fourth-order valence-corrected chi connectivity index (χ4v) is 2.65. The van der Waals surface area contributed by atoms with Crippen LogP contribution >= 0.6 is 15.9 Å². The van der Waals surface area contributed by atoms with E-state index in [1.54, 1.807) is 24.3 Å². The molecule has 7 heteroatoms. The Morgan fingerprint density at radius 1 is 1.04 bits per heavy atom. The highest BCUT2D eigenvalue weighted by Crippen LogP contribution is 2.26. The lowest BCUT2D eigenvalue weighted by Crippen LogP contribution is -2.35. The zero-order chi connectivity index (χ0) is 18.9. The monoisotopic (exact) mass is 420 g/mol. The molecule has 0 aromatic heterocycles. The van der Waals surface area contributed by atoms with Gasteiger partial charge in [0.15, 0.2) is 18.1 Å². The lowest BCUT2D eigenvalue weighted by Gasteiger charge is -2.12. The molecule has 2 amide bonds. The molecular formula is C19H21BrN2O4. The molecule has 0 aliphatic heterocycles. The van der Waals surface area contributed by atoms with Gasteiger partial charge >= 0.3 is 0 Å². The van der Waals surface area contributed by atoms with Crippen LogP contribution in [0.15, 0.2) is 46.9 Å². The van der Waals surface area contributed by atoms with Crippen LogP contribution in [0.1, 0.15) is 12.5 Å². The Labute approximate surface area is 161 Å². The topological polar surface area (TPSA) is 76.7 Å². The first-order chi connectivity index (χ1) is 12.5. The summed E-state index contributed by atoms with van der Waals surface area (Å²) in [5.74, 6) is 0.364. The summed E-state index contributed by atoms with van der Waals surface area (Å²) in [5, 5.41) is 5.29. The summed E-state index contributed by atoms with van der Waals surface area (Å²) in [6.45, 7) is 3.93. The average Bonchev–Trinajstić information content (AvgIpc) is 2.62. The van der Waals surface area contributed by atoms with E-state index in [0.29, 0.717) is 23.8 Å². The van der Waals surface area contributed by atoms with Gasteiger partial charge in [0.1, 0.15) is 0 Å². The molecule has 2 aromatic carbocycles. The Bertz CT molecular complexity index is 780. The van der Waals surface area contributed by atoms with Crippen molar-refractivity contribution < 1.29 is 19.1 Å². The molecule has 0 fully saturated rings. The van der Waals surface area contributed by atoms with Crippen molar-refractivity contribution >= 4 is 33.4 Å². The normalized spacial score (nSPS) is 10.1. The molecule has 26 heavy (non-hydrogen) atoms. The van der Waals surface area contributed by atoms with Crippen molar-refractivity contribution in [2.45, 2.75) is 13.8 Å². The van der Waals surface area contributed by atoms with Crippen molar-refractivity contribution in [2.24, 2.45) is 0 Å². The Morgan fingerprint density at radius 3 is 2.38 bits per heavy atom. The number of para-hydroxylation sites is 2. The van der Waals surface area contributed by atoms with Gasteiger partial charge in [0.05, 0.1) is 13.2 Å². The second kappa shape index (κ2) is 9.82. The minimum Gasteiger partial charge on any atom is -0.490 e.